The van der Waals surface area contributed by atoms with E-state index < -0.39 is 12.3 Å². The average molecular weight is 282 g/mol. The van der Waals surface area contributed by atoms with Crippen LogP contribution in [0.1, 0.15) is 71.1 Å². The molecule has 0 saturated carbocycles. The number of ether oxygens (including phenoxy) is 2. The molecule has 114 valence electrons. The van der Waals surface area contributed by atoms with Gasteiger partial charge in [-0.15, -0.1) is 0 Å². The third kappa shape index (κ3) is 7.97. The van der Waals surface area contributed by atoms with Crippen molar-refractivity contribution in [1.29, 1.82) is 0 Å². The average Bonchev–Trinajstić information content (AvgIpc) is 2.82. The van der Waals surface area contributed by atoms with Crippen LogP contribution in [0.25, 0.3) is 0 Å². The molecule has 0 aliphatic carbocycles. The van der Waals surface area contributed by atoms with Gasteiger partial charge in [-0.3, -0.25) is 4.79 Å². The first-order chi connectivity index (χ1) is 9.72. The molecule has 4 heteroatoms. The van der Waals surface area contributed by atoms with E-state index in [1.807, 2.05) is 0 Å². The van der Waals surface area contributed by atoms with E-state index in [2.05, 4.69) is 6.92 Å². The van der Waals surface area contributed by atoms with Gasteiger partial charge in [-0.05, 0) is 6.42 Å². The van der Waals surface area contributed by atoms with Gasteiger partial charge >= 0.3 is 11.9 Å². The first-order valence-corrected chi connectivity index (χ1v) is 7.80. The molecular formula is C16H26O4. The highest BCUT2D eigenvalue weighted by Gasteiger charge is 2.19. The van der Waals surface area contributed by atoms with Crippen LogP contribution in [0.2, 0.25) is 0 Å². The minimum Gasteiger partial charge on any atom is -0.421 e. The predicted octanol–water partition coefficient (Wildman–Crippen LogP) is 3.89. The molecule has 1 aliphatic heterocycles. The molecule has 1 rings (SSSR count). The highest BCUT2D eigenvalue weighted by Crippen LogP contribution is 2.12. The topological polar surface area (TPSA) is 52.6 Å². The zero-order chi connectivity index (χ0) is 14.6. The van der Waals surface area contributed by atoms with Crippen molar-refractivity contribution in [2.45, 2.75) is 77.4 Å². The summed E-state index contributed by atoms with van der Waals surface area (Å²) in [6.45, 7) is 2.22. The van der Waals surface area contributed by atoms with Crippen molar-refractivity contribution < 1.29 is 19.1 Å². The van der Waals surface area contributed by atoms with Gasteiger partial charge < -0.3 is 9.47 Å². The van der Waals surface area contributed by atoms with Crippen molar-refractivity contribution in [3.8, 4) is 0 Å². The Hall–Kier alpha value is -1.32. The number of hydrogen-bond donors (Lipinski definition) is 0. The largest absolute Gasteiger partial charge is 0.421 e. The molecular weight excluding hydrogens is 256 g/mol. The molecule has 4 nitrogen and oxygen atoms in total. The van der Waals surface area contributed by atoms with Crippen LogP contribution >= 0.6 is 0 Å². The van der Waals surface area contributed by atoms with Gasteiger partial charge in [-0.1, -0.05) is 58.3 Å². The molecule has 0 spiro atoms. The molecule has 1 aliphatic rings. The van der Waals surface area contributed by atoms with Gasteiger partial charge in [0.2, 0.25) is 0 Å². The lowest BCUT2D eigenvalue weighted by Gasteiger charge is -2.09. The number of cyclic esters (lactones) is 1. The fraction of sp³-hybridized carbons (Fsp3) is 0.750. The van der Waals surface area contributed by atoms with Gasteiger partial charge in [0.1, 0.15) is 0 Å². The molecule has 0 amide bonds. The second-order valence-corrected chi connectivity index (χ2v) is 5.23. The summed E-state index contributed by atoms with van der Waals surface area (Å²) in [4.78, 5) is 22.2. The lowest BCUT2D eigenvalue weighted by Crippen LogP contribution is -2.17. The van der Waals surface area contributed by atoms with Crippen LogP contribution in [0, 0.1) is 0 Å². The monoisotopic (exact) mass is 282 g/mol. The fourth-order valence-electron chi connectivity index (χ4n) is 2.18. The standard InChI is InChI=1S/C16H26O4/c1-2-3-4-5-6-7-8-9-10-11-14(17)19-16-13-12-15(18)20-16/h12-13,16H,2-11H2,1H3. The summed E-state index contributed by atoms with van der Waals surface area (Å²) < 4.78 is 9.72. The number of unbranched alkanes of at least 4 members (excludes halogenated alkanes) is 8. The van der Waals surface area contributed by atoms with E-state index in [-0.39, 0.29) is 5.97 Å². The summed E-state index contributed by atoms with van der Waals surface area (Å²) >= 11 is 0. The molecule has 0 aromatic heterocycles. The minimum absolute atomic E-state index is 0.294. The van der Waals surface area contributed by atoms with Gasteiger partial charge in [0.05, 0.1) is 0 Å². The molecule has 0 fully saturated rings. The Morgan fingerprint density at radius 1 is 1.10 bits per heavy atom. The molecule has 1 unspecified atom stereocenters. The smallest absolute Gasteiger partial charge is 0.334 e. The Morgan fingerprint density at radius 2 is 1.70 bits per heavy atom. The first-order valence-electron chi connectivity index (χ1n) is 7.80. The number of esters is 2. The fourth-order valence-corrected chi connectivity index (χ4v) is 2.18. The van der Waals surface area contributed by atoms with E-state index in [4.69, 9.17) is 9.47 Å². The van der Waals surface area contributed by atoms with Crippen molar-refractivity contribution in [3.63, 3.8) is 0 Å². The number of carbonyl (C=O) groups is 2. The van der Waals surface area contributed by atoms with E-state index >= 15 is 0 Å². The van der Waals surface area contributed by atoms with Crippen molar-refractivity contribution in [1.82, 2.24) is 0 Å². The number of carbonyl (C=O) groups excluding carboxylic acids is 2. The van der Waals surface area contributed by atoms with E-state index in [0.29, 0.717) is 6.42 Å². The molecule has 1 atom stereocenters. The lowest BCUT2D eigenvalue weighted by molar-refractivity contribution is -0.172. The van der Waals surface area contributed by atoms with Crippen LogP contribution in [-0.2, 0) is 19.1 Å². The SMILES string of the molecule is CCCCCCCCCCCC(=O)OC1C=CC(=O)O1. The summed E-state index contributed by atoms with van der Waals surface area (Å²) in [5, 5.41) is 0. The zero-order valence-electron chi connectivity index (χ0n) is 12.4. The van der Waals surface area contributed by atoms with E-state index in [1.54, 1.807) is 0 Å². The Morgan fingerprint density at radius 3 is 2.25 bits per heavy atom. The van der Waals surface area contributed by atoms with E-state index in [9.17, 15) is 9.59 Å². The van der Waals surface area contributed by atoms with Crippen molar-refractivity contribution in [2.24, 2.45) is 0 Å². The van der Waals surface area contributed by atoms with E-state index in [1.165, 1.54) is 57.1 Å². The molecule has 0 aromatic rings. The van der Waals surface area contributed by atoms with Gasteiger partial charge in [-0.2, -0.15) is 0 Å². The van der Waals surface area contributed by atoms with Crippen LogP contribution in [0.4, 0.5) is 0 Å². The maximum absolute atomic E-state index is 11.5. The van der Waals surface area contributed by atoms with Gasteiger partial charge in [0, 0.05) is 18.6 Å². The van der Waals surface area contributed by atoms with Gasteiger partial charge in [-0.25, -0.2) is 4.79 Å². The zero-order valence-corrected chi connectivity index (χ0v) is 12.4. The molecule has 0 aromatic carbocycles. The highest BCUT2D eigenvalue weighted by atomic mass is 16.7. The summed E-state index contributed by atoms with van der Waals surface area (Å²) in [5.74, 6) is -0.747. The summed E-state index contributed by atoms with van der Waals surface area (Å²) in [5.41, 5.74) is 0. The Kier molecular flexibility index (Phi) is 8.76. The van der Waals surface area contributed by atoms with Gasteiger partial charge in [0.15, 0.2) is 0 Å². The maximum Gasteiger partial charge on any atom is 0.334 e. The maximum atomic E-state index is 11.5. The third-order valence-corrected chi connectivity index (χ3v) is 3.35. The van der Waals surface area contributed by atoms with Crippen LogP contribution < -0.4 is 0 Å². The Balaban J connectivity index is 1.87. The van der Waals surface area contributed by atoms with Crippen molar-refractivity contribution in [3.05, 3.63) is 12.2 Å². The van der Waals surface area contributed by atoms with Crippen LogP contribution in [-0.4, -0.2) is 18.2 Å². The summed E-state index contributed by atoms with van der Waals surface area (Å²) in [7, 11) is 0. The molecule has 1 heterocycles. The number of rotatable bonds is 11. The molecule has 0 saturated heterocycles. The predicted molar refractivity (Wildman–Crippen MR) is 77.0 cm³/mol. The molecule has 0 radical (unpaired) electrons. The first kappa shape index (κ1) is 16.7. The summed E-state index contributed by atoms with van der Waals surface area (Å²) in [6.07, 6.45) is 13.2. The van der Waals surface area contributed by atoms with Gasteiger partial charge in [0.25, 0.3) is 6.29 Å². The minimum atomic E-state index is -0.812. The normalized spacial score (nSPS) is 17.2. The van der Waals surface area contributed by atoms with Crippen molar-refractivity contribution in [2.75, 3.05) is 0 Å². The molecule has 0 N–H and O–H groups in total. The van der Waals surface area contributed by atoms with Crippen LogP contribution in [0.15, 0.2) is 12.2 Å². The molecule has 20 heavy (non-hydrogen) atoms. The van der Waals surface area contributed by atoms with Crippen LogP contribution in [0.5, 0.6) is 0 Å². The lowest BCUT2D eigenvalue weighted by atomic mass is 10.1. The Bertz CT molecular complexity index is 322. The number of hydrogen-bond acceptors (Lipinski definition) is 4. The second-order valence-electron chi connectivity index (χ2n) is 5.23. The molecule has 0 bridgehead atoms. The van der Waals surface area contributed by atoms with E-state index in [0.717, 1.165) is 12.8 Å². The quantitative estimate of drug-likeness (QED) is 0.426. The Labute approximate surface area is 121 Å². The van der Waals surface area contributed by atoms with Crippen LogP contribution in [0.3, 0.4) is 0 Å². The second kappa shape index (κ2) is 10.5. The van der Waals surface area contributed by atoms with Crippen molar-refractivity contribution >= 4 is 11.9 Å². The highest BCUT2D eigenvalue weighted by molar-refractivity contribution is 5.84. The summed E-state index contributed by atoms with van der Waals surface area (Å²) in [6, 6.07) is 0. The third-order valence-electron chi connectivity index (χ3n) is 3.35.